The Balaban J connectivity index is 2.54. The first-order valence-corrected chi connectivity index (χ1v) is 7.99. The van der Waals surface area contributed by atoms with Gasteiger partial charge in [0.15, 0.2) is 5.82 Å². The number of nitrogens with one attached hydrogen (secondary N) is 1. The van der Waals surface area contributed by atoms with Gasteiger partial charge < -0.3 is 9.84 Å². The lowest BCUT2D eigenvalue weighted by Gasteiger charge is -2.19. The van der Waals surface area contributed by atoms with Gasteiger partial charge in [0.1, 0.15) is 0 Å². The molecule has 1 rings (SSSR count). The van der Waals surface area contributed by atoms with E-state index in [4.69, 9.17) is 4.52 Å². The average molecular weight is 285 g/mol. The topological polar surface area (TPSA) is 51.0 Å². The highest BCUT2D eigenvalue weighted by Gasteiger charge is 2.18. The Bertz CT molecular complexity index is 371. The second-order valence-corrected chi connectivity index (χ2v) is 7.92. The third-order valence-corrected chi connectivity index (χ3v) is 4.08. The molecular formula is C14H27N3OS. The smallest absolute Gasteiger partial charge is 0.228 e. The second-order valence-electron chi connectivity index (χ2n) is 6.12. The molecule has 0 radical (unpaired) electrons. The van der Waals surface area contributed by atoms with E-state index < -0.39 is 0 Å². The summed E-state index contributed by atoms with van der Waals surface area (Å²) in [5.74, 6) is 2.90. The van der Waals surface area contributed by atoms with Gasteiger partial charge in [0, 0.05) is 17.2 Å². The van der Waals surface area contributed by atoms with Gasteiger partial charge in [-0.05, 0) is 12.5 Å². The average Bonchev–Trinajstić information content (AvgIpc) is 2.72. The maximum absolute atomic E-state index is 5.34. The highest BCUT2D eigenvalue weighted by molar-refractivity contribution is 7.99. The van der Waals surface area contributed by atoms with Crippen LogP contribution in [0.3, 0.4) is 0 Å². The molecule has 0 fully saturated rings. The van der Waals surface area contributed by atoms with Crippen molar-refractivity contribution in [3.05, 3.63) is 11.7 Å². The summed E-state index contributed by atoms with van der Waals surface area (Å²) >= 11 is 1.83. The molecule has 1 aromatic rings. The van der Waals surface area contributed by atoms with Crippen molar-refractivity contribution in [2.75, 3.05) is 6.54 Å². The fraction of sp³-hybridized carbons (Fsp3) is 0.857. The Hall–Kier alpha value is -0.550. The van der Waals surface area contributed by atoms with Crippen LogP contribution in [0.15, 0.2) is 4.52 Å². The zero-order chi connectivity index (χ0) is 14.5. The molecule has 5 heteroatoms. The van der Waals surface area contributed by atoms with Gasteiger partial charge in [0.25, 0.3) is 0 Å². The van der Waals surface area contributed by atoms with Crippen molar-refractivity contribution in [3.8, 4) is 0 Å². The number of rotatable bonds is 7. The highest BCUT2D eigenvalue weighted by atomic mass is 32.2. The summed E-state index contributed by atoms with van der Waals surface area (Å²) in [6.45, 7) is 14.1. The van der Waals surface area contributed by atoms with Gasteiger partial charge >= 0.3 is 0 Å². The fourth-order valence-electron chi connectivity index (χ4n) is 1.71. The molecule has 0 spiro atoms. The molecule has 110 valence electrons. The van der Waals surface area contributed by atoms with E-state index in [1.165, 1.54) is 0 Å². The highest BCUT2D eigenvalue weighted by Crippen LogP contribution is 2.26. The van der Waals surface area contributed by atoms with Gasteiger partial charge in [0.2, 0.25) is 5.89 Å². The van der Waals surface area contributed by atoms with Crippen LogP contribution in [0.4, 0.5) is 0 Å². The first kappa shape index (κ1) is 16.5. The molecular weight excluding hydrogens is 258 g/mol. The third-order valence-electron chi connectivity index (χ3n) is 2.81. The first-order chi connectivity index (χ1) is 8.81. The molecule has 1 unspecified atom stereocenters. The molecule has 0 amide bonds. The van der Waals surface area contributed by atoms with E-state index in [9.17, 15) is 0 Å². The monoisotopic (exact) mass is 285 g/mol. The third kappa shape index (κ3) is 6.43. The van der Waals surface area contributed by atoms with E-state index in [-0.39, 0.29) is 4.75 Å². The van der Waals surface area contributed by atoms with E-state index in [1.807, 2.05) is 11.8 Å². The van der Waals surface area contributed by atoms with E-state index in [1.54, 1.807) is 0 Å². The van der Waals surface area contributed by atoms with Gasteiger partial charge in [-0.1, -0.05) is 46.7 Å². The minimum absolute atomic E-state index is 0.227. The molecule has 1 aromatic heterocycles. The lowest BCUT2D eigenvalue weighted by atomic mass is 10.0. The number of thioether (sulfide) groups is 1. The molecule has 0 saturated heterocycles. The van der Waals surface area contributed by atoms with Crippen LogP contribution in [0.5, 0.6) is 0 Å². The SMILES string of the molecule is CCNC(Cc1nc(CSC(C)(C)C)no1)C(C)C. The van der Waals surface area contributed by atoms with Gasteiger partial charge in [-0.3, -0.25) is 0 Å². The van der Waals surface area contributed by atoms with Crippen molar-refractivity contribution < 1.29 is 4.52 Å². The van der Waals surface area contributed by atoms with Crippen molar-refractivity contribution in [1.29, 1.82) is 0 Å². The molecule has 1 N–H and O–H groups in total. The first-order valence-electron chi connectivity index (χ1n) is 7.00. The zero-order valence-electron chi connectivity index (χ0n) is 13.0. The number of likely N-dealkylation sites (N-methyl/N-ethyl adjacent to an activating group) is 1. The summed E-state index contributed by atoms with van der Waals surface area (Å²) in [4.78, 5) is 4.48. The van der Waals surface area contributed by atoms with Crippen LogP contribution in [0.2, 0.25) is 0 Å². The largest absolute Gasteiger partial charge is 0.339 e. The van der Waals surface area contributed by atoms with E-state index in [0.717, 1.165) is 30.4 Å². The Morgan fingerprint density at radius 3 is 2.53 bits per heavy atom. The number of hydrogen-bond donors (Lipinski definition) is 1. The van der Waals surface area contributed by atoms with Crippen molar-refractivity contribution in [2.24, 2.45) is 5.92 Å². The molecule has 0 aliphatic heterocycles. The van der Waals surface area contributed by atoms with E-state index in [0.29, 0.717) is 12.0 Å². The van der Waals surface area contributed by atoms with Crippen LogP contribution in [0, 0.1) is 5.92 Å². The predicted octanol–water partition coefficient (Wildman–Crippen LogP) is 3.28. The molecule has 0 aliphatic rings. The van der Waals surface area contributed by atoms with Crippen molar-refractivity contribution in [2.45, 2.75) is 64.5 Å². The molecule has 4 nitrogen and oxygen atoms in total. The van der Waals surface area contributed by atoms with Crippen molar-refractivity contribution in [3.63, 3.8) is 0 Å². The Labute approximate surface area is 121 Å². The standard InChI is InChI=1S/C14H27N3OS/c1-7-15-11(10(2)3)8-13-16-12(17-18-13)9-19-14(4,5)6/h10-11,15H,7-9H2,1-6H3. The molecule has 0 bridgehead atoms. The van der Waals surface area contributed by atoms with E-state index in [2.05, 4.69) is 57.0 Å². The van der Waals surface area contributed by atoms with Gasteiger partial charge in [-0.25, -0.2) is 0 Å². The van der Waals surface area contributed by atoms with Crippen molar-refractivity contribution in [1.82, 2.24) is 15.5 Å². The van der Waals surface area contributed by atoms with Crippen LogP contribution in [-0.2, 0) is 12.2 Å². The Kier molecular flexibility index (Phi) is 6.33. The maximum Gasteiger partial charge on any atom is 0.228 e. The molecule has 0 aliphatic carbocycles. The van der Waals surface area contributed by atoms with E-state index >= 15 is 0 Å². The maximum atomic E-state index is 5.34. The molecule has 1 atom stereocenters. The summed E-state index contributed by atoms with van der Waals surface area (Å²) in [7, 11) is 0. The minimum Gasteiger partial charge on any atom is -0.339 e. The summed E-state index contributed by atoms with van der Waals surface area (Å²) in [5, 5.41) is 7.52. The van der Waals surface area contributed by atoms with Gasteiger partial charge in [0.05, 0.1) is 5.75 Å². The fourth-order valence-corrected chi connectivity index (χ4v) is 2.39. The Morgan fingerprint density at radius 1 is 1.32 bits per heavy atom. The normalized spacial score (nSPS) is 14.1. The lowest BCUT2D eigenvalue weighted by Crippen LogP contribution is -2.35. The van der Waals surface area contributed by atoms with Gasteiger partial charge in [-0.2, -0.15) is 4.98 Å². The molecule has 19 heavy (non-hydrogen) atoms. The quantitative estimate of drug-likeness (QED) is 0.833. The lowest BCUT2D eigenvalue weighted by molar-refractivity contribution is 0.327. The minimum atomic E-state index is 0.227. The number of aromatic nitrogens is 2. The van der Waals surface area contributed by atoms with Crippen molar-refractivity contribution >= 4 is 11.8 Å². The number of nitrogens with zero attached hydrogens (tertiary/aromatic N) is 2. The molecule has 0 aromatic carbocycles. The summed E-state index contributed by atoms with van der Waals surface area (Å²) in [6.07, 6.45) is 0.804. The second kappa shape index (κ2) is 7.29. The molecule has 1 heterocycles. The Morgan fingerprint density at radius 2 is 2.00 bits per heavy atom. The predicted molar refractivity (Wildman–Crippen MR) is 81.4 cm³/mol. The summed E-state index contributed by atoms with van der Waals surface area (Å²) in [5.41, 5.74) is 0. The molecule has 0 saturated carbocycles. The van der Waals surface area contributed by atoms with Crippen LogP contribution < -0.4 is 5.32 Å². The van der Waals surface area contributed by atoms with Crippen LogP contribution in [0.25, 0.3) is 0 Å². The van der Waals surface area contributed by atoms with Crippen LogP contribution >= 0.6 is 11.8 Å². The number of hydrogen-bond acceptors (Lipinski definition) is 5. The van der Waals surface area contributed by atoms with Crippen LogP contribution in [0.1, 0.15) is 53.3 Å². The summed E-state index contributed by atoms with van der Waals surface area (Å²) in [6, 6.07) is 0.397. The summed E-state index contributed by atoms with van der Waals surface area (Å²) < 4.78 is 5.57. The van der Waals surface area contributed by atoms with Crippen LogP contribution in [-0.4, -0.2) is 27.5 Å². The zero-order valence-corrected chi connectivity index (χ0v) is 13.8. The van der Waals surface area contributed by atoms with Gasteiger partial charge in [-0.15, -0.1) is 11.8 Å².